The van der Waals surface area contributed by atoms with Crippen molar-refractivity contribution >= 4 is 17.5 Å². The molecule has 1 aromatic carbocycles. The number of hydrogen-bond acceptors (Lipinski definition) is 4. The van der Waals surface area contributed by atoms with Crippen LogP contribution in [-0.4, -0.2) is 35.9 Å². The first-order valence-electron chi connectivity index (χ1n) is 8.17. The highest BCUT2D eigenvalue weighted by Crippen LogP contribution is 2.27. The molecule has 134 valence electrons. The zero-order chi connectivity index (χ0) is 18.4. The third kappa shape index (κ3) is 5.18. The van der Waals surface area contributed by atoms with E-state index in [1.165, 1.54) is 0 Å². The van der Waals surface area contributed by atoms with Crippen molar-refractivity contribution in [2.24, 2.45) is 0 Å². The number of nitrogens with one attached hydrogen (secondary N) is 1. The van der Waals surface area contributed by atoms with Crippen LogP contribution in [0, 0.1) is 6.92 Å². The molecule has 1 unspecified atom stereocenters. The SMILES string of the molecule is CNC(C)C(=O)N(C)Cc1c(OCc2ccccc2)cc(Cl)nc1C. The normalized spacial score (nSPS) is 11.9. The first kappa shape index (κ1) is 19.2. The van der Waals surface area contributed by atoms with Gasteiger partial charge in [0.15, 0.2) is 0 Å². The second-order valence-electron chi connectivity index (χ2n) is 5.99. The van der Waals surface area contributed by atoms with E-state index in [0.717, 1.165) is 16.8 Å². The average molecular weight is 362 g/mol. The lowest BCUT2D eigenvalue weighted by molar-refractivity contribution is -0.132. The summed E-state index contributed by atoms with van der Waals surface area (Å²) in [4.78, 5) is 18.3. The van der Waals surface area contributed by atoms with Crippen molar-refractivity contribution in [1.82, 2.24) is 15.2 Å². The largest absolute Gasteiger partial charge is 0.488 e. The second-order valence-corrected chi connectivity index (χ2v) is 6.37. The third-order valence-corrected chi connectivity index (χ3v) is 4.26. The number of hydrogen-bond donors (Lipinski definition) is 1. The van der Waals surface area contributed by atoms with Crippen LogP contribution in [0.15, 0.2) is 36.4 Å². The van der Waals surface area contributed by atoms with Crippen LogP contribution < -0.4 is 10.1 Å². The van der Waals surface area contributed by atoms with E-state index in [-0.39, 0.29) is 11.9 Å². The molecule has 5 nitrogen and oxygen atoms in total. The van der Waals surface area contributed by atoms with Crippen LogP contribution in [0.2, 0.25) is 5.15 Å². The predicted octanol–water partition coefficient (Wildman–Crippen LogP) is 3.19. The monoisotopic (exact) mass is 361 g/mol. The molecule has 1 amide bonds. The summed E-state index contributed by atoms with van der Waals surface area (Å²) in [6, 6.07) is 11.4. The number of benzene rings is 1. The summed E-state index contributed by atoms with van der Waals surface area (Å²) in [5.74, 6) is 0.656. The Morgan fingerprint density at radius 3 is 2.68 bits per heavy atom. The summed E-state index contributed by atoms with van der Waals surface area (Å²) >= 11 is 6.09. The molecule has 1 atom stereocenters. The van der Waals surface area contributed by atoms with Crippen LogP contribution in [0.1, 0.15) is 23.7 Å². The van der Waals surface area contributed by atoms with E-state index in [2.05, 4.69) is 10.3 Å². The van der Waals surface area contributed by atoms with Crippen molar-refractivity contribution in [3.05, 3.63) is 58.4 Å². The molecule has 2 rings (SSSR count). The molecular formula is C19H24ClN3O2. The molecule has 0 saturated carbocycles. The standard InChI is InChI=1S/C19H24ClN3O2/c1-13-16(11-23(4)19(24)14(2)21-3)17(10-18(20)22-13)25-12-15-8-6-5-7-9-15/h5-10,14,21H,11-12H2,1-4H3. The van der Waals surface area contributed by atoms with Crippen molar-refractivity contribution in [1.29, 1.82) is 0 Å². The Morgan fingerprint density at radius 1 is 1.36 bits per heavy atom. The minimum atomic E-state index is -0.251. The number of pyridine rings is 1. The van der Waals surface area contributed by atoms with Gasteiger partial charge in [-0.15, -0.1) is 0 Å². The first-order chi connectivity index (χ1) is 11.9. The van der Waals surface area contributed by atoms with Gasteiger partial charge >= 0.3 is 0 Å². The third-order valence-electron chi connectivity index (χ3n) is 4.07. The highest BCUT2D eigenvalue weighted by Gasteiger charge is 2.19. The van der Waals surface area contributed by atoms with E-state index in [4.69, 9.17) is 16.3 Å². The van der Waals surface area contributed by atoms with E-state index < -0.39 is 0 Å². The Morgan fingerprint density at radius 2 is 2.04 bits per heavy atom. The van der Waals surface area contributed by atoms with Gasteiger partial charge in [0.2, 0.25) is 5.91 Å². The fourth-order valence-electron chi connectivity index (χ4n) is 2.46. The Labute approximate surface area is 154 Å². The van der Waals surface area contributed by atoms with Gasteiger partial charge in [0.1, 0.15) is 17.5 Å². The Hall–Kier alpha value is -2.11. The molecule has 6 heteroatoms. The van der Waals surface area contributed by atoms with Crippen LogP contribution in [0.4, 0.5) is 0 Å². The summed E-state index contributed by atoms with van der Waals surface area (Å²) in [5.41, 5.74) is 2.68. The van der Waals surface area contributed by atoms with Gasteiger partial charge in [0.25, 0.3) is 0 Å². The van der Waals surface area contributed by atoms with Gasteiger partial charge in [0, 0.05) is 24.4 Å². The maximum absolute atomic E-state index is 12.3. The maximum Gasteiger partial charge on any atom is 0.239 e. The molecule has 0 spiro atoms. The molecule has 0 bridgehead atoms. The quantitative estimate of drug-likeness (QED) is 0.769. The van der Waals surface area contributed by atoms with Gasteiger partial charge < -0.3 is 15.0 Å². The first-order valence-corrected chi connectivity index (χ1v) is 8.55. The van der Waals surface area contributed by atoms with Crippen LogP contribution >= 0.6 is 11.6 Å². The Kier molecular flexibility index (Phi) is 6.79. The lowest BCUT2D eigenvalue weighted by atomic mass is 10.1. The number of carbonyl (C=O) groups is 1. The van der Waals surface area contributed by atoms with Crippen molar-refractivity contribution in [2.75, 3.05) is 14.1 Å². The molecule has 0 aliphatic heterocycles. The predicted molar refractivity (Wildman–Crippen MR) is 99.8 cm³/mol. The minimum Gasteiger partial charge on any atom is -0.488 e. The van der Waals surface area contributed by atoms with E-state index in [9.17, 15) is 4.79 Å². The summed E-state index contributed by atoms with van der Waals surface area (Å²) in [7, 11) is 3.53. The van der Waals surface area contributed by atoms with Crippen LogP contribution in [0.3, 0.4) is 0 Å². The summed E-state index contributed by atoms with van der Waals surface area (Å²) in [5, 5.41) is 3.33. The molecule has 25 heavy (non-hydrogen) atoms. The summed E-state index contributed by atoms with van der Waals surface area (Å²) in [6.45, 7) is 4.54. The van der Waals surface area contributed by atoms with Gasteiger partial charge in [-0.25, -0.2) is 4.98 Å². The number of aromatic nitrogens is 1. The number of ether oxygens (including phenoxy) is 1. The molecule has 2 aromatic rings. The van der Waals surface area contributed by atoms with Crippen molar-refractivity contribution in [2.45, 2.75) is 33.0 Å². The molecule has 0 radical (unpaired) electrons. The van der Waals surface area contributed by atoms with Gasteiger partial charge in [-0.1, -0.05) is 41.9 Å². The zero-order valence-electron chi connectivity index (χ0n) is 15.0. The number of amides is 1. The number of carbonyl (C=O) groups excluding carboxylic acids is 1. The van der Waals surface area contributed by atoms with Crippen LogP contribution in [0.25, 0.3) is 0 Å². The molecule has 1 heterocycles. The summed E-state index contributed by atoms with van der Waals surface area (Å²) in [6.07, 6.45) is 0. The molecule has 0 saturated heterocycles. The highest BCUT2D eigenvalue weighted by molar-refractivity contribution is 6.29. The zero-order valence-corrected chi connectivity index (χ0v) is 15.8. The number of aryl methyl sites for hydroxylation is 1. The number of nitrogens with zero attached hydrogens (tertiary/aromatic N) is 2. The Bertz CT molecular complexity index is 722. The van der Waals surface area contributed by atoms with Crippen molar-refractivity contribution in [3.8, 4) is 5.75 Å². The van der Waals surface area contributed by atoms with Gasteiger partial charge in [-0.2, -0.15) is 0 Å². The smallest absolute Gasteiger partial charge is 0.239 e. The van der Waals surface area contributed by atoms with E-state index >= 15 is 0 Å². The van der Waals surface area contributed by atoms with Gasteiger partial charge in [-0.05, 0) is 26.5 Å². The van der Waals surface area contributed by atoms with Crippen LogP contribution in [0.5, 0.6) is 5.75 Å². The maximum atomic E-state index is 12.3. The molecule has 1 aromatic heterocycles. The number of rotatable bonds is 7. The van der Waals surface area contributed by atoms with Gasteiger partial charge in [0.05, 0.1) is 12.6 Å². The number of halogens is 1. The molecular weight excluding hydrogens is 338 g/mol. The van der Waals surface area contributed by atoms with Gasteiger partial charge in [-0.3, -0.25) is 4.79 Å². The molecule has 0 aliphatic rings. The Balaban J connectivity index is 2.20. The van der Waals surface area contributed by atoms with Crippen molar-refractivity contribution in [3.63, 3.8) is 0 Å². The van der Waals surface area contributed by atoms with Crippen molar-refractivity contribution < 1.29 is 9.53 Å². The van der Waals surface area contributed by atoms with E-state index in [1.807, 2.05) is 44.2 Å². The lowest BCUT2D eigenvalue weighted by Crippen LogP contribution is -2.41. The van der Waals surface area contributed by atoms with E-state index in [1.54, 1.807) is 25.1 Å². The number of likely N-dealkylation sites (N-methyl/N-ethyl adjacent to an activating group) is 2. The van der Waals surface area contributed by atoms with Crippen LogP contribution in [-0.2, 0) is 17.9 Å². The highest BCUT2D eigenvalue weighted by atomic mass is 35.5. The molecule has 1 N–H and O–H groups in total. The second kappa shape index (κ2) is 8.83. The summed E-state index contributed by atoms with van der Waals surface area (Å²) < 4.78 is 5.97. The fraction of sp³-hybridized carbons (Fsp3) is 0.368. The fourth-order valence-corrected chi connectivity index (χ4v) is 2.69. The van der Waals surface area contributed by atoms with E-state index in [0.29, 0.717) is 24.1 Å². The average Bonchev–Trinajstić information content (AvgIpc) is 2.61. The lowest BCUT2D eigenvalue weighted by Gasteiger charge is -2.23. The molecule has 0 aliphatic carbocycles. The topological polar surface area (TPSA) is 54.5 Å². The molecule has 0 fully saturated rings. The minimum absolute atomic E-state index is 0.00543.